The zero-order valence-corrected chi connectivity index (χ0v) is 11.0. The molecule has 0 spiro atoms. The quantitative estimate of drug-likeness (QED) is 0.609. The average Bonchev–Trinajstić information content (AvgIpc) is 2.06. The average molecular weight is 245 g/mol. The van der Waals surface area contributed by atoms with Gasteiger partial charge >= 0.3 is 0 Å². The summed E-state index contributed by atoms with van der Waals surface area (Å²) in [5.74, 6) is 0. The molecule has 3 nitrogen and oxygen atoms in total. The van der Waals surface area contributed by atoms with Crippen molar-refractivity contribution in [2.45, 2.75) is 0 Å². The molecule has 4 heteroatoms. The summed E-state index contributed by atoms with van der Waals surface area (Å²) in [6.07, 6.45) is 0. The molecule has 1 rings (SSSR count). The predicted octanol–water partition coefficient (Wildman–Crippen LogP) is 0.235. The van der Waals surface area contributed by atoms with E-state index >= 15 is 0 Å². The first-order valence-corrected chi connectivity index (χ1v) is 4.29. The summed E-state index contributed by atoms with van der Waals surface area (Å²) in [5.41, 5.74) is 0. The van der Waals surface area contributed by atoms with E-state index in [2.05, 4.69) is 29.2 Å². The van der Waals surface area contributed by atoms with Gasteiger partial charge in [0.15, 0.2) is 0 Å². The molecule has 1 aliphatic rings. The number of rotatable bonds is 0. The van der Waals surface area contributed by atoms with E-state index in [1.165, 1.54) is 13.1 Å². The normalized spacial score (nSPS) is 23.5. The maximum Gasteiger partial charge on any atom is 0.0105 e. The molecule has 0 aromatic heterocycles. The van der Waals surface area contributed by atoms with E-state index in [0.29, 0.717) is 0 Å². The summed E-state index contributed by atoms with van der Waals surface area (Å²) in [4.78, 5) is 4.68. The largest absolute Gasteiger partial charge is 0.660 e. The van der Waals surface area contributed by atoms with Crippen LogP contribution in [0.5, 0.6) is 0 Å². The molecule has 0 aliphatic carbocycles. The molecular formula is C8H18N3Y-. The van der Waals surface area contributed by atoms with Crippen molar-refractivity contribution < 1.29 is 32.7 Å². The van der Waals surface area contributed by atoms with Crippen molar-refractivity contribution in [1.82, 2.24) is 9.80 Å². The van der Waals surface area contributed by atoms with Gasteiger partial charge in [-0.1, -0.05) is 0 Å². The minimum Gasteiger partial charge on any atom is -0.660 e. The van der Waals surface area contributed by atoms with E-state index in [0.717, 1.165) is 26.2 Å². The van der Waals surface area contributed by atoms with Gasteiger partial charge in [0, 0.05) is 45.8 Å². The van der Waals surface area contributed by atoms with Crippen LogP contribution in [0.2, 0.25) is 0 Å². The van der Waals surface area contributed by atoms with Crippen LogP contribution in [0.4, 0.5) is 0 Å². The minimum atomic E-state index is 0. The fourth-order valence-corrected chi connectivity index (χ4v) is 1.16. The Bertz CT molecular complexity index is 98.5. The third-order valence-electron chi connectivity index (χ3n) is 2.14. The molecular weight excluding hydrogens is 227 g/mol. The van der Waals surface area contributed by atoms with Gasteiger partial charge in [-0.15, -0.1) is 13.1 Å². The molecule has 12 heavy (non-hydrogen) atoms. The second-order valence-corrected chi connectivity index (χ2v) is 3.28. The molecule has 0 aromatic rings. The first-order chi connectivity index (χ1) is 5.29. The fraction of sp³-hybridized carbons (Fsp3) is 1.00. The SMILES string of the molecule is CN1CC[N-]CCN(C)CC1.[Y]. The van der Waals surface area contributed by atoms with Crippen LogP contribution in [-0.2, 0) is 32.7 Å². The van der Waals surface area contributed by atoms with Gasteiger partial charge in [-0.25, -0.2) is 0 Å². The van der Waals surface area contributed by atoms with Crippen LogP contribution in [0, 0.1) is 0 Å². The molecule has 0 amide bonds. The van der Waals surface area contributed by atoms with E-state index in [9.17, 15) is 0 Å². The van der Waals surface area contributed by atoms with E-state index < -0.39 is 0 Å². The monoisotopic (exact) mass is 245 g/mol. The molecule has 69 valence electrons. The van der Waals surface area contributed by atoms with Crippen LogP contribution in [0.25, 0.3) is 5.32 Å². The van der Waals surface area contributed by atoms with Gasteiger partial charge in [-0.3, -0.25) is 0 Å². The second-order valence-electron chi connectivity index (χ2n) is 3.28. The molecule has 1 fully saturated rings. The summed E-state index contributed by atoms with van der Waals surface area (Å²) in [7, 11) is 4.32. The predicted molar refractivity (Wildman–Crippen MR) is 48.1 cm³/mol. The molecule has 0 saturated carbocycles. The van der Waals surface area contributed by atoms with Crippen LogP contribution >= 0.6 is 0 Å². The molecule has 0 aromatic carbocycles. The van der Waals surface area contributed by atoms with Gasteiger partial charge in [0.05, 0.1) is 0 Å². The fourth-order valence-electron chi connectivity index (χ4n) is 1.16. The topological polar surface area (TPSA) is 20.6 Å². The van der Waals surface area contributed by atoms with Crippen LogP contribution in [0.3, 0.4) is 0 Å². The summed E-state index contributed by atoms with van der Waals surface area (Å²) in [6.45, 7) is 6.59. The first kappa shape index (κ1) is 13.0. The van der Waals surface area contributed by atoms with Crippen molar-refractivity contribution >= 4 is 0 Å². The van der Waals surface area contributed by atoms with E-state index in [4.69, 9.17) is 0 Å². The van der Waals surface area contributed by atoms with Gasteiger partial charge in [0.25, 0.3) is 0 Å². The summed E-state index contributed by atoms with van der Waals surface area (Å²) in [6, 6.07) is 0. The van der Waals surface area contributed by atoms with Crippen LogP contribution in [-0.4, -0.2) is 63.2 Å². The molecule has 1 saturated heterocycles. The molecule has 0 unspecified atom stereocenters. The Labute approximate surface area is 101 Å². The summed E-state index contributed by atoms with van der Waals surface area (Å²) in [5, 5.41) is 4.41. The van der Waals surface area contributed by atoms with Gasteiger partial charge in [0.1, 0.15) is 0 Å². The Morgan fingerprint density at radius 3 is 1.67 bits per heavy atom. The standard InChI is InChI=1S/C8H18N3.Y/c1-10-5-3-9-4-6-11(2)8-7-10;/h3-8H2,1-2H3;/q-1;. The summed E-state index contributed by atoms with van der Waals surface area (Å²) < 4.78 is 0. The second kappa shape index (κ2) is 7.39. The molecule has 0 atom stereocenters. The maximum atomic E-state index is 4.41. The van der Waals surface area contributed by atoms with Crippen molar-refractivity contribution in [2.24, 2.45) is 0 Å². The van der Waals surface area contributed by atoms with E-state index in [1.54, 1.807) is 0 Å². The van der Waals surface area contributed by atoms with Crippen molar-refractivity contribution in [1.29, 1.82) is 0 Å². The van der Waals surface area contributed by atoms with Gasteiger partial charge in [-0.05, 0) is 27.2 Å². The number of hydrogen-bond acceptors (Lipinski definition) is 2. The van der Waals surface area contributed by atoms with Crippen LogP contribution < -0.4 is 0 Å². The van der Waals surface area contributed by atoms with Crippen LogP contribution in [0.1, 0.15) is 0 Å². The number of hydrogen-bond donors (Lipinski definition) is 0. The van der Waals surface area contributed by atoms with Gasteiger partial charge in [-0.2, -0.15) is 0 Å². The van der Waals surface area contributed by atoms with Crippen LogP contribution in [0.15, 0.2) is 0 Å². The Morgan fingerprint density at radius 2 is 1.25 bits per heavy atom. The van der Waals surface area contributed by atoms with Crippen molar-refractivity contribution in [3.63, 3.8) is 0 Å². The van der Waals surface area contributed by atoms with Gasteiger partial charge < -0.3 is 15.1 Å². The smallest absolute Gasteiger partial charge is 0.0105 e. The Morgan fingerprint density at radius 1 is 0.833 bits per heavy atom. The Hall–Kier alpha value is 0.984. The van der Waals surface area contributed by atoms with E-state index in [1.807, 2.05) is 0 Å². The summed E-state index contributed by atoms with van der Waals surface area (Å²) >= 11 is 0. The molecule has 0 N–H and O–H groups in total. The molecule has 1 radical (unpaired) electrons. The van der Waals surface area contributed by atoms with Crippen molar-refractivity contribution in [3.8, 4) is 0 Å². The molecule has 0 bridgehead atoms. The minimum absolute atomic E-state index is 0. The Kier molecular flexibility index (Phi) is 8.00. The zero-order chi connectivity index (χ0) is 8.10. The third-order valence-corrected chi connectivity index (χ3v) is 2.14. The van der Waals surface area contributed by atoms with Crippen molar-refractivity contribution in [3.05, 3.63) is 5.32 Å². The van der Waals surface area contributed by atoms with Crippen molar-refractivity contribution in [2.75, 3.05) is 53.4 Å². The van der Waals surface area contributed by atoms with Gasteiger partial charge in [0.2, 0.25) is 0 Å². The number of likely N-dealkylation sites (N-methyl/N-ethyl adjacent to an activating group) is 2. The maximum absolute atomic E-state index is 4.41. The molecule has 1 heterocycles. The number of nitrogens with zero attached hydrogens (tertiary/aromatic N) is 3. The molecule has 1 aliphatic heterocycles. The van der Waals surface area contributed by atoms with E-state index in [-0.39, 0.29) is 32.7 Å². The zero-order valence-electron chi connectivity index (χ0n) is 8.16. The first-order valence-electron chi connectivity index (χ1n) is 4.29. The third kappa shape index (κ3) is 5.60. The Balaban J connectivity index is 0.00000121.